The molecule has 0 aliphatic rings. The Bertz CT molecular complexity index is 883. The lowest BCUT2D eigenvalue weighted by Crippen LogP contribution is -2.23. The molecule has 0 aliphatic heterocycles. The molecule has 0 fully saturated rings. The molecular weight excluding hydrogens is 288 g/mol. The summed E-state index contributed by atoms with van der Waals surface area (Å²) in [5.74, 6) is 6.60. The lowest BCUT2D eigenvalue weighted by Gasteiger charge is -2.01. The summed E-state index contributed by atoms with van der Waals surface area (Å²) in [5, 5.41) is 3.88. The van der Waals surface area contributed by atoms with E-state index in [1.807, 2.05) is 54.7 Å². The zero-order valence-corrected chi connectivity index (χ0v) is 12.7. The highest BCUT2D eigenvalue weighted by Gasteiger charge is 2.05. The fourth-order valence-electron chi connectivity index (χ4n) is 2.24. The van der Waals surface area contributed by atoms with Gasteiger partial charge in [-0.05, 0) is 47.9 Å². The molecule has 0 atom stereocenters. The van der Waals surface area contributed by atoms with Gasteiger partial charge < -0.3 is 15.0 Å². The summed E-state index contributed by atoms with van der Waals surface area (Å²) in [6, 6.07) is 15.0. The van der Waals surface area contributed by atoms with Crippen LogP contribution >= 0.6 is 0 Å². The minimum atomic E-state index is -0.134. The van der Waals surface area contributed by atoms with Gasteiger partial charge in [0.05, 0.1) is 13.7 Å². The molecule has 4 heteroatoms. The Hall–Kier alpha value is -3.19. The van der Waals surface area contributed by atoms with Crippen LogP contribution in [-0.4, -0.2) is 24.5 Å². The van der Waals surface area contributed by atoms with Crippen LogP contribution in [0.25, 0.3) is 10.9 Å². The average molecular weight is 304 g/mol. The molecule has 3 rings (SSSR count). The molecule has 1 aromatic heterocycles. The fourth-order valence-corrected chi connectivity index (χ4v) is 2.24. The van der Waals surface area contributed by atoms with Crippen molar-refractivity contribution >= 4 is 16.8 Å². The molecule has 0 unspecified atom stereocenters. The van der Waals surface area contributed by atoms with E-state index in [-0.39, 0.29) is 5.91 Å². The van der Waals surface area contributed by atoms with Crippen LogP contribution in [0.1, 0.15) is 15.9 Å². The number of carbonyl (C=O) groups excluding carboxylic acids is 1. The molecular formula is C19H16N2O2. The number of hydrogen-bond acceptors (Lipinski definition) is 2. The number of hydrogen-bond donors (Lipinski definition) is 2. The quantitative estimate of drug-likeness (QED) is 0.731. The zero-order chi connectivity index (χ0) is 16.1. The number of rotatable bonds is 3. The Labute approximate surface area is 134 Å². The van der Waals surface area contributed by atoms with E-state index < -0.39 is 0 Å². The maximum atomic E-state index is 12.1. The minimum absolute atomic E-state index is 0.134. The van der Waals surface area contributed by atoms with Crippen molar-refractivity contribution in [1.29, 1.82) is 0 Å². The number of methoxy groups -OCH3 is 1. The average Bonchev–Trinajstić information content (AvgIpc) is 3.06. The third-order valence-electron chi connectivity index (χ3n) is 3.48. The van der Waals surface area contributed by atoms with E-state index in [0.29, 0.717) is 12.1 Å². The van der Waals surface area contributed by atoms with Gasteiger partial charge in [0.15, 0.2) is 0 Å². The molecule has 0 saturated carbocycles. The molecule has 1 heterocycles. The summed E-state index contributed by atoms with van der Waals surface area (Å²) in [5.41, 5.74) is 2.45. The van der Waals surface area contributed by atoms with Gasteiger partial charge in [-0.1, -0.05) is 17.9 Å². The second-order valence-electron chi connectivity index (χ2n) is 4.99. The fraction of sp³-hybridized carbons (Fsp3) is 0.105. The van der Waals surface area contributed by atoms with E-state index in [1.165, 1.54) is 0 Å². The van der Waals surface area contributed by atoms with Gasteiger partial charge in [0, 0.05) is 22.8 Å². The Morgan fingerprint density at radius 1 is 1.17 bits per heavy atom. The van der Waals surface area contributed by atoms with Crippen molar-refractivity contribution in [2.24, 2.45) is 0 Å². The molecule has 0 radical (unpaired) electrons. The first-order chi connectivity index (χ1) is 11.3. The molecule has 3 aromatic rings. The van der Waals surface area contributed by atoms with E-state index in [0.717, 1.165) is 22.2 Å². The highest BCUT2D eigenvalue weighted by molar-refractivity contribution is 5.98. The van der Waals surface area contributed by atoms with Gasteiger partial charge in [-0.15, -0.1) is 0 Å². The van der Waals surface area contributed by atoms with Crippen molar-refractivity contribution in [3.63, 3.8) is 0 Å². The Kier molecular flexibility index (Phi) is 4.30. The van der Waals surface area contributed by atoms with Crippen LogP contribution in [-0.2, 0) is 0 Å². The number of nitrogens with one attached hydrogen (secondary N) is 2. The molecule has 0 spiro atoms. The van der Waals surface area contributed by atoms with Gasteiger partial charge in [0.2, 0.25) is 0 Å². The van der Waals surface area contributed by atoms with E-state index in [4.69, 9.17) is 4.74 Å². The molecule has 2 N–H and O–H groups in total. The summed E-state index contributed by atoms with van der Waals surface area (Å²) in [6.07, 6.45) is 1.85. The van der Waals surface area contributed by atoms with Crippen molar-refractivity contribution in [1.82, 2.24) is 10.3 Å². The van der Waals surface area contributed by atoms with E-state index in [1.54, 1.807) is 7.11 Å². The number of aromatic nitrogens is 1. The zero-order valence-electron chi connectivity index (χ0n) is 12.7. The SMILES string of the molecule is COc1ccc(C#CCNC(=O)c2ccc3cc[nH]c3c2)cc1. The summed E-state index contributed by atoms with van der Waals surface area (Å²) in [7, 11) is 1.63. The standard InChI is InChI=1S/C19H16N2O2/c1-23-17-8-4-14(5-9-17)3-2-11-21-19(22)16-7-6-15-10-12-20-18(15)13-16/h4-10,12-13,20H,11H2,1H3,(H,21,22). The van der Waals surface area contributed by atoms with Crippen LogP contribution < -0.4 is 10.1 Å². The molecule has 2 aromatic carbocycles. The predicted molar refractivity (Wildman–Crippen MR) is 90.5 cm³/mol. The van der Waals surface area contributed by atoms with E-state index in [9.17, 15) is 4.79 Å². The van der Waals surface area contributed by atoms with Gasteiger partial charge in [0.1, 0.15) is 5.75 Å². The third-order valence-corrected chi connectivity index (χ3v) is 3.48. The highest BCUT2D eigenvalue weighted by atomic mass is 16.5. The Morgan fingerprint density at radius 3 is 2.78 bits per heavy atom. The van der Waals surface area contributed by atoms with Gasteiger partial charge >= 0.3 is 0 Å². The lowest BCUT2D eigenvalue weighted by molar-refractivity contribution is 0.0959. The summed E-state index contributed by atoms with van der Waals surface area (Å²) >= 11 is 0. The molecule has 4 nitrogen and oxygen atoms in total. The van der Waals surface area contributed by atoms with E-state index in [2.05, 4.69) is 22.1 Å². The highest BCUT2D eigenvalue weighted by Crippen LogP contribution is 2.14. The first-order valence-corrected chi connectivity index (χ1v) is 7.24. The van der Waals surface area contributed by atoms with Crippen LogP contribution in [0.3, 0.4) is 0 Å². The van der Waals surface area contributed by atoms with Gasteiger partial charge in [-0.2, -0.15) is 0 Å². The second kappa shape index (κ2) is 6.71. The maximum Gasteiger partial charge on any atom is 0.252 e. The number of H-pyrrole nitrogens is 1. The summed E-state index contributed by atoms with van der Waals surface area (Å²) < 4.78 is 5.09. The minimum Gasteiger partial charge on any atom is -0.497 e. The van der Waals surface area contributed by atoms with Crippen LogP contribution in [0.5, 0.6) is 5.75 Å². The summed E-state index contributed by atoms with van der Waals surface area (Å²) in [4.78, 5) is 15.2. The largest absolute Gasteiger partial charge is 0.497 e. The Morgan fingerprint density at radius 2 is 2.00 bits per heavy atom. The number of aromatic amines is 1. The van der Waals surface area contributed by atoms with Crippen LogP contribution in [0, 0.1) is 11.8 Å². The maximum absolute atomic E-state index is 12.1. The molecule has 0 saturated heterocycles. The molecule has 0 aliphatic carbocycles. The molecule has 23 heavy (non-hydrogen) atoms. The number of fused-ring (bicyclic) bond motifs is 1. The van der Waals surface area contributed by atoms with Gasteiger partial charge in [0.25, 0.3) is 5.91 Å². The number of amides is 1. The van der Waals surface area contributed by atoms with Crippen molar-refractivity contribution in [2.45, 2.75) is 0 Å². The van der Waals surface area contributed by atoms with Crippen LogP contribution in [0.2, 0.25) is 0 Å². The molecule has 1 amide bonds. The van der Waals surface area contributed by atoms with Crippen molar-refractivity contribution in [3.05, 3.63) is 65.9 Å². The lowest BCUT2D eigenvalue weighted by atomic mass is 10.1. The van der Waals surface area contributed by atoms with Crippen molar-refractivity contribution in [3.8, 4) is 17.6 Å². The van der Waals surface area contributed by atoms with Crippen LogP contribution in [0.4, 0.5) is 0 Å². The van der Waals surface area contributed by atoms with Gasteiger partial charge in [-0.3, -0.25) is 4.79 Å². The molecule has 0 bridgehead atoms. The van der Waals surface area contributed by atoms with Crippen LogP contribution in [0.15, 0.2) is 54.7 Å². The number of ether oxygens (including phenoxy) is 1. The van der Waals surface area contributed by atoms with Crippen molar-refractivity contribution < 1.29 is 9.53 Å². The monoisotopic (exact) mass is 304 g/mol. The smallest absolute Gasteiger partial charge is 0.252 e. The third kappa shape index (κ3) is 3.53. The second-order valence-corrected chi connectivity index (χ2v) is 4.99. The predicted octanol–water partition coefficient (Wildman–Crippen LogP) is 2.96. The topological polar surface area (TPSA) is 54.1 Å². The number of benzene rings is 2. The Balaban J connectivity index is 1.59. The summed E-state index contributed by atoms with van der Waals surface area (Å²) in [6.45, 7) is 0.299. The van der Waals surface area contributed by atoms with E-state index >= 15 is 0 Å². The normalized spacial score (nSPS) is 9.96. The number of carbonyl (C=O) groups is 1. The van der Waals surface area contributed by atoms with Crippen molar-refractivity contribution in [2.75, 3.05) is 13.7 Å². The van der Waals surface area contributed by atoms with Gasteiger partial charge in [-0.25, -0.2) is 0 Å². The molecule has 114 valence electrons. The first kappa shape index (κ1) is 14.7. The first-order valence-electron chi connectivity index (χ1n) is 7.24.